The van der Waals surface area contributed by atoms with Gasteiger partial charge in [0.2, 0.25) is 5.91 Å². The number of phenols is 1. The molecule has 10 heteroatoms. The highest BCUT2D eigenvalue weighted by Crippen LogP contribution is 2.42. The van der Waals surface area contributed by atoms with Crippen LogP contribution in [0.4, 0.5) is 10.1 Å². The van der Waals surface area contributed by atoms with Gasteiger partial charge in [-0.3, -0.25) is 9.78 Å². The summed E-state index contributed by atoms with van der Waals surface area (Å²) in [5.74, 6) is -0.462. The van der Waals surface area contributed by atoms with Crippen LogP contribution in [0.2, 0.25) is 5.02 Å². The van der Waals surface area contributed by atoms with E-state index in [4.69, 9.17) is 23.8 Å². The lowest BCUT2D eigenvalue weighted by Gasteiger charge is -2.28. The number of carbonyl (C=O) groups is 1. The Kier molecular flexibility index (Phi) is 7.54. The number of aromatic hydroxyl groups is 1. The van der Waals surface area contributed by atoms with E-state index in [9.17, 15) is 14.3 Å². The van der Waals surface area contributed by atoms with Crippen LogP contribution >= 0.6 is 23.8 Å². The van der Waals surface area contributed by atoms with Gasteiger partial charge >= 0.3 is 0 Å². The Morgan fingerprint density at radius 2 is 1.92 bits per heavy atom. The fourth-order valence-electron chi connectivity index (χ4n) is 5.10. The molecule has 0 radical (unpaired) electrons. The standard InChI is InChI=1S/C29H27ClFN5O2S/c1-17-15-22(18(2)36(17)24-16-19(30)6-11-25(24)37)28-27(23-5-3-4-13-32-23)34-29(39)35(28)14-12-26(38)33-21-9-7-20(31)8-10-21/h3-11,13,15-16,27-28,37H,12,14H2,1-2H3,(H,33,38)(H,34,39)/t27-,28+/m1/s1. The smallest absolute Gasteiger partial charge is 0.226 e. The monoisotopic (exact) mass is 563 g/mol. The third-order valence-corrected chi connectivity index (χ3v) is 7.46. The van der Waals surface area contributed by atoms with Gasteiger partial charge in [-0.05, 0) is 92.3 Å². The number of halogens is 2. The third kappa shape index (κ3) is 5.46. The van der Waals surface area contributed by atoms with Crippen LogP contribution in [0, 0.1) is 19.7 Å². The van der Waals surface area contributed by atoms with Crippen LogP contribution in [0.25, 0.3) is 5.69 Å². The van der Waals surface area contributed by atoms with Crippen LogP contribution in [-0.2, 0) is 4.79 Å². The van der Waals surface area contributed by atoms with E-state index in [-0.39, 0.29) is 36.0 Å². The minimum atomic E-state index is -0.367. The number of benzene rings is 2. The van der Waals surface area contributed by atoms with Crippen molar-refractivity contribution in [3.8, 4) is 11.4 Å². The van der Waals surface area contributed by atoms with Gasteiger partial charge in [0.25, 0.3) is 0 Å². The van der Waals surface area contributed by atoms with Gasteiger partial charge in [-0.25, -0.2) is 4.39 Å². The molecule has 1 aliphatic heterocycles. The lowest BCUT2D eigenvalue weighted by Crippen LogP contribution is -2.32. The molecule has 5 rings (SSSR count). The van der Waals surface area contributed by atoms with Crippen molar-refractivity contribution in [1.82, 2.24) is 19.8 Å². The molecule has 3 heterocycles. The Morgan fingerprint density at radius 1 is 1.15 bits per heavy atom. The minimum absolute atomic E-state index is 0.114. The molecule has 0 bridgehead atoms. The lowest BCUT2D eigenvalue weighted by molar-refractivity contribution is -0.116. The van der Waals surface area contributed by atoms with Crippen LogP contribution in [-0.4, -0.2) is 37.1 Å². The van der Waals surface area contributed by atoms with Crippen molar-refractivity contribution in [3.63, 3.8) is 0 Å². The Bertz CT molecular complexity index is 1530. The van der Waals surface area contributed by atoms with E-state index in [2.05, 4.69) is 21.7 Å². The lowest BCUT2D eigenvalue weighted by atomic mass is 9.96. The molecule has 39 heavy (non-hydrogen) atoms. The van der Waals surface area contributed by atoms with Crippen molar-refractivity contribution in [1.29, 1.82) is 0 Å². The predicted molar refractivity (Wildman–Crippen MR) is 154 cm³/mol. The number of rotatable bonds is 7. The number of nitrogens with one attached hydrogen (secondary N) is 2. The summed E-state index contributed by atoms with van der Waals surface area (Å²) >= 11 is 12.0. The molecule has 1 aliphatic rings. The highest BCUT2D eigenvalue weighted by molar-refractivity contribution is 7.80. The van der Waals surface area contributed by atoms with Gasteiger partial charge in [-0.2, -0.15) is 0 Å². The number of phenolic OH excluding ortho intramolecular Hbond substituents is 1. The number of thiocarbonyl (C=S) groups is 1. The molecule has 1 saturated heterocycles. The second kappa shape index (κ2) is 11.0. The number of aromatic nitrogens is 2. The molecule has 7 nitrogen and oxygen atoms in total. The summed E-state index contributed by atoms with van der Waals surface area (Å²) in [6.07, 6.45) is 1.90. The normalized spacial score (nSPS) is 16.8. The van der Waals surface area contributed by atoms with Crippen molar-refractivity contribution < 1.29 is 14.3 Å². The molecule has 0 saturated carbocycles. The van der Waals surface area contributed by atoms with Crippen LogP contribution < -0.4 is 10.6 Å². The molecule has 0 unspecified atom stereocenters. The first-order valence-electron chi connectivity index (χ1n) is 12.4. The van der Waals surface area contributed by atoms with E-state index in [1.54, 1.807) is 24.4 Å². The van der Waals surface area contributed by atoms with Crippen molar-refractivity contribution in [2.24, 2.45) is 0 Å². The molecule has 2 aromatic heterocycles. The largest absolute Gasteiger partial charge is 0.506 e. The number of anilines is 1. The maximum Gasteiger partial charge on any atom is 0.226 e. The molecule has 200 valence electrons. The first kappa shape index (κ1) is 26.6. The van der Waals surface area contributed by atoms with Crippen molar-refractivity contribution in [3.05, 3.63) is 106 Å². The SMILES string of the molecule is Cc1cc([C@H]2[C@@H](c3ccccn3)NC(=S)N2CCC(=O)Nc2ccc(F)cc2)c(C)n1-c1cc(Cl)ccc1O. The molecule has 2 aromatic carbocycles. The average Bonchev–Trinajstić information content (AvgIpc) is 3.40. The van der Waals surface area contributed by atoms with E-state index in [1.807, 2.05) is 41.5 Å². The molecule has 4 aromatic rings. The van der Waals surface area contributed by atoms with Gasteiger partial charge < -0.3 is 25.2 Å². The zero-order chi connectivity index (χ0) is 27.7. The van der Waals surface area contributed by atoms with E-state index >= 15 is 0 Å². The summed E-state index contributed by atoms with van der Waals surface area (Å²) in [6, 6.07) is 17.9. The van der Waals surface area contributed by atoms with Crippen LogP contribution in [0.3, 0.4) is 0 Å². The van der Waals surface area contributed by atoms with E-state index in [0.29, 0.717) is 28.1 Å². The highest BCUT2D eigenvalue weighted by atomic mass is 35.5. The number of carbonyl (C=O) groups excluding carboxylic acids is 1. The number of hydrogen-bond acceptors (Lipinski definition) is 4. The Morgan fingerprint density at radius 3 is 2.64 bits per heavy atom. The number of hydrogen-bond donors (Lipinski definition) is 3. The van der Waals surface area contributed by atoms with E-state index in [1.165, 1.54) is 24.3 Å². The van der Waals surface area contributed by atoms with E-state index in [0.717, 1.165) is 22.6 Å². The number of aryl methyl sites for hydroxylation is 1. The topological polar surface area (TPSA) is 82.4 Å². The van der Waals surface area contributed by atoms with Gasteiger partial charge in [0.15, 0.2) is 5.11 Å². The highest BCUT2D eigenvalue weighted by Gasteiger charge is 2.41. The number of pyridine rings is 1. The van der Waals surface area contributed by atoms with Crippen LogP contribution in [0.1, 0.15) is 41.1 Å². The predicted octanol–water partition coefficient (Wildman–Crippen LogP) is 5.99. The van der Waals surface area contributed by atoms with Gasteiger partial charge in [0.1, 0.15) is 11.6 Å². The molecule has 2 atom stereocenters. The van der Waals surface area contributed by atoms with Crippen molar-refractivity contribution >= 4 is 40.5 Å². The zero-order valence-electron chi connectivity index (χ0n) is 21.4. The molecule has 3 N–H and O–H groups in total. The number of nitrogens with zero attached hydrogens (tertiary/aromatic N) is 3. The minimum Gasteiger partial charge on any atom is -0.506 e. The Labute approximate surface area is 236 Å². The fraction of sp³-hybridized carbons (Fsp3) is 0.207. The van der Waals surface area contributed by atoms with Crippen LogP contribution in [0.15, 0.2) is 72.9 Å². The number of amides is 1. The molecule has 1 amide bonds. The van der Waals surface area contributed by atoms with Gasteiger partial charge in [0.05, 0.1) is 23.5 Å². The fourth-order valence-corrected chi connectivity index (χ4v) is 5.60. The van der Waals surface area contributed by atoms with Gasteiger partial charge in [-0.1, -0.05) is 17.7 Å². The molecular weight excluding hydrogens is 537 g/mol. The Hall–Kier alpha value is -3.95. The summed E-state index contributed by atoms with van der Waals surface area (Å²) in [5.41, 5.74) is 4.72. The maximum absolute atomic E-state index is 13.2. The zero-order valence-corrected chi connectivity index (χ0v) is 22.9. The average molecular weight is 564 g/mol. The van der Waals surface area contributed by atoms with Crippen molar-refractivity contribution in [2.75, 3.05) is 11.9 Å². The second-order valence-electron chi connectivity index (χ2n) is 9.42. The van der Waals surface area contributed by atoms with Crippen molar-refractivity contribution in [2.45, 2.75) is 32.4 Å². The maximum atomic E-state index is 13.2. The first-order chi connectivity index (χ1) is 18.7. The Balaban J connectivity index is 1.48. The molecule has 0 aliphatic carbocycles. The third-order valence-electron chi connectivity index (χ3n) is 6.87. The van der Waals surface area contributed by atoms with Gasteiger partial charge in [0, 0.05) is 41.3 Å². The summed E-state index contributed by atoms with van der Waals surface area (Å²) in [5, 5.41) is 17.9. The second-order valence-corrected chi connectivity index (χ2v) is 10.2. The van der Waals surface area contributed by atoms with Crippen LogP contribution in [0.5, 0.6) is 5.75 Å². The summed E-state index contributed by atoms with van der Waals surface area (Å²) in [4.78, 5) is 19.4. The van der Waals surface area contributed by atoms with Gasteiger partial charge in [-0.15, -0.1) is 0 Å². The molecule has 0 spiro atoms. The molecule has 1 fully saturated rings. The van der Waals surface area contributed by atoms with E-state index < -0.39 is 0 Å². The molecular formula is C29H27ClFN5O2S. The first-order valence-corrected chi connectivity index (χ1v) is 13.2. The summed E-state index contributed by atoms with van der Waals surface area (Å²) in [7, 11) is 0. The quantitative estimate of drug-likeness (QED) is 0.240. The summed E-state index contributed by atoms with van der Waals surface area (Å²) < 4.78 is 15.2. The summed E-state index contributed by atoms with van der Waals surface area (Å²) in [6.45, 7) is 4.30.